The van der Waals surface area contributed by atoms with Crippen LogP contribution in [0.2, 0.25) is 0 Å². The lowest BCUT2D eigenvalue weighted by Gasteiger charge is -2.29. The molecule has 0 radical (unpaired) electrons. The zero-order chi connectivity index (χ0) is 27.8. The molecular formula is C34H36N4O3. The van der Waals surface area contributed by atoms with Gasteiger partial charge < -0.3 is 24.7 Å². The van der Waals surface area contributed by atoms with E-state index in [1.54, 1.807) is 6.07 Å². The second-order valence-electron chi connectivity index (χ2n) is 11.3. The number of aromatic nitrogens is 1. The predicted molar refractivity (Wildman–Crippen MR) is 163 cm³/mol. The smallest absolute Gasteiger partial charge is 0.250 e. The highest BCUT2D eigenvalue weighted by molar-refractivity contribution is 5.74. The first-order chi connectivity index (χ1) is 20.1. The summed E-state index contributed by atoms with van der Waals surface area (Å²) in [5.74, 6) is 1.68. The number of H-pyrrole nitrogens is 1. The highest BCUT2D eigenvalue weighted by Gasteiger charge is 2.27. The van der Waals surface area contributed by atoms with Crippen molar-refractivity contribution in [3.8, 4) is 22.8 Å². The van der Waals surface area contributed by atoms with E-state index in [9.17, 15) is 4.79 Å². The number of hydrogen-bond donors (Lipinski definition) is 2. The summed E-state index contributed by atoms with van der Waals surface area (Å²) in [7, 11) is 0. The van der Waals surface area contributed by atoms with Crippen LogP contribution in [0.5, 0.6) is 11.5 Å². The Bertz CT molecular complexity index is 1600. The maximum atomic E-state index is 12.6. The van der Waals surface area contributed by atoms with E-state index in [1.807, 2.05) is 12.1 Å². The maximum Gasteiger partial charge on any atom is 0.250 e. The summed E-state index contributed by atoms with van der Waals surface area (Å²) in [4.78, 5) is 20.4. The number of para-hydroxylation sites is 1. The molecule has 0 bridgehead atoms. The Kier molecular flexibility index (Phi) is 6.98. The molecule has 7 nitrogen and oxygen atoms in total. The Labute approximate surface area is 240 Å². The number of pyridine rings is 1. The number of morpholine rings is 1. The van der Waals surface area contributed by atoms with E-state index in [1.165, 1.54) is 11.1 Å². The zero-order valence-electron chi connectivity index (χ0n) is 23.4. The van der Waals surface area contributed by atoms with Gasteiger partial charge in [-0.1, -0.05) is 42.5 Å². The van der Waals surface area contributed by atoms with Gasteiger partial charge in [0.25, 0.3) is 0 Å². The third-order valence-corrected chi connectivity index (χ3v) is 8.67. The van der Waals surface area contributed by atoms with Crippen LogP contribution in [-0.4, -0.2) is 55.3 Å². The van der Waals surface area contributed by atoms with Crippen LogP contribution < -0.4 is 20.5 Å². The standard InChI is InChI=1S/C34H36N4O3/c1-23(24-6-3-2-4-7-24)38-13-12-28(22-38)35-27-10-11-32-26(19-27)18-25-8-5-9-30(34(25)41-32)31-20-29(21-33(39)36-31)37-14-16-40-17-15-37/h2-11,19-21,23,28,35H,12-18,22H2,1H3,(H,36,39). The molecule has 7 heteroatoms. The van der Waals surface area contributed by atoms with Crippen LogP contribution in [0.25, 0.3) is 11.3 Å². The van der Waals surface area contributed by atoms with Crippen LogP contribution in [0.3, 0.4) is 0 Å². The molecule has 1 aromatic heterocycles. The predicted octanol–water partition coefficient (Wildman–Crippen LogP) is 5.82. The van der Waals surface area contributed by atoms with Gasteiger partial charge in [-0.25, -0.2) is 0 Å². The van der Waals surface area contributed by atoms with Crippen molar-refractivity contribution in [3.05, 3.63) is 106 Å². The number of fused-ring (bicyclic) bond motifs is 2. The quantitative estimate of drug-likeness (QED) is 0.279. The summed E-state index contributed by atoms with van der Waals surface area (Å²) in [6.07, 6.45) is 1.90. The largest absolute Gasteiger partial charge is 0.456 e. The van der Waals surface area contributed by atoms with E-state index in [2.05, 4.69) is 87.7 Å². The number of anilines is 2. The summed E-state index contributed by atoms with van der Waals surface area (Å²) >= 11 is 0. The number of rotatable bonds is 6. The SMILES string of the molecule is CC(c1ccccc1)N1CCC(Nc2ccc3c(c2)Cc2cccc(-c4cc(N5CCOCC5)cc(=O)[nH]4)c2O3)C1. The molecule has 2 fully saturated rings. The van der Waals surface area contributed by atoms with Gasteiger partial charge in [-0.3, -0.25) is 9.69 Å². The van der Waals surface area contributed by atoms with Gasteiger partial charge in [-0.2, -0.15) is 0 Å². The first kappa shape index (κ1) is 25.9. The minimum Gasteiger partial charge on any atom is -0.456 e. The van der Waals surface area contributed by atoms with Crippen molar-refractivity contribution >= 4 is 11.4 Å². The van der Waals surface area contributed by atoms with Gasteiger partial charge >= 0.3 is 0 Å². The Balaban J connectivity index is 1.08. The molecule has 210 valence electrons. The van der Waals surface area contributed by atoms with Crippen molar-refractivity contribution in [1.82, 2.24) is 9.88 Å². The van der Waals surface area contributed by atoms with Gasteiger partial charge in [-0.05, 0) is 54.8 Å². The lowest BCUT2D eigenvalue weighted by atomic mass is 9.96. The van der Waals surface area contributed by atoms with Gasteiger partial charge in [0.15, 0.2) is 0 Å². The van der Waals surface area contributed by atoms with Crippen LogP contribution in [0.4, 0.5) is 11.4 Å². The number of nitrogens with zero attached hydrogens (tertiary/aromatic N) is 2. The van der Waals surface area contributed by atoms with E-state index >= 15 is 0 Å². The molecule has 0 spiro atoms. The van der Waals surface area contributed by atoms with Crippen LogP contribution in [0.15, 0.2) is 83.7 Å². The number of ether oxygens (including phenoxy) is 2. The topological polar surface area (TPSA) is 69.8 Å². The minimum absolute atomic E-state index is 0.114. The Morgan fingerprint density at radius 2 is 1.78 bits per heavy atom. The third kappa shape index (κ3) is 5.35. The van der Waals surface area contributed by atoms with E-state index in [4.69, 9.17) is 9.47 Å². The molecule has 2 N–H and O–H groups in total. The van der Waals surface area contributed by atoms with E-state index in [0.717, 1.165) is 78.7 Å². The normalized spacial score (nSPS) is 19.2. The summed E-state index contributed by atoms with van der Waals surface area (Å²) in [6, 6.07) is 27.9. The molecule has 2 atom stereocenters. The Hall–Kier alpha value is -4.07. The summed E-state index contributed by atoms with van der Waals surface area (Å²) in [6.45, 7) is 7.32. The van der Waals surface area contributed by atoms with Crippen LogP contribution in [0.1, 0.15) is 36.1 Å². The van der Waals surface area contributed by atoms with E-state index < -0.39 is 0 Å². The zero-order valence-corrected chi connectivity index (χ0v) is 23.4. The van der Waals surface area contributed by atoms with Crippen molar-refractivity contribution in [2.24, 2.45) is 0 Å². The fraction of sp³-hybridized carbons (Fsp3) is 0.324. The minimum atomic E-state index is -0.114. The Morgan fingerprint density at radius 1 is 0.927 bits per heavy atom. The number of likely N-dealkylation sites (tertiary alicyclic amines) is 1. The van der Waals surface area contributed by atoms with E-state index in [-0.39, 0.29) is 5.56 Å². The maximum absolute atomic E-state index is 12.6. The van der Waals surface area contributed by atoms with Gasteiger partial charge in [0.1, 0.15) is 11.5 Å². The second kappa shape index (κ2) is 11.1. The molecule has 0 aliphatic carbocycles. The molecule has 2 saturated heterocycles. The highest BCUT2D eigenvalue weighted by Crippen LogP contribution is 2.43. The third-order valence-electron chi connectivity index (χ3n) is 8.67. The fourth-order valence-corrected chi connectivity index (χ4v) is 6.39. The van der Waals surface area contributed by atoms with Crippen molar-refractivity contribution in [3.63, 3.8) is 0 Å². The van der Waals surface area contributed by atoms with Crippen molar-refractivity contribution in [2.75, 3.05) is 49.6 Å². The van der Waals surface area contributed by atoms with Crippen molar-refractivity contribution in [1.29, 1.82) is 0 Å². The van der Waals surface area contributed by atoms with Crippen molar-refractivity contribution < 1.29 is 9.47 Å². The molecule has 3 aliphatic heterocycles. The number of nitrogens with one attached hydrogen (secondary N) is 2. The molecular weight excluding hydrogens is 512 g/mol. The molecule has 4 aromatic rings. The first-order valence-electron chi connectivity index (χ1n) is 14.7. The highest BCUT2D eigenvalue weighted by atomic mass is 16.5. The monoisotopic (exact) mass is 548 g/mol. The summed E-state index contributed by atoms with van der Waals surface area (Å²) in [5, 5.41) is 3.78. The van der Waals surface area contributed by atoms with Crippen LogP contribution in [0, 0.1) is 0 Å². The fourth-order valence-electron chi connectivity index (χ4n) is 6.39. The summed E-state index contributed by atoms with van der Waals surface area (Å²) in [5.41, 5.74) is 7.27. The lowest BCUT2D eigenvalue weighted by Crippen LogP contribution is -2.36. The molecule has 41 heavy (non-hydrogen) atoms. The van der Waals surface area contributed by atoms with Crippen LogP contribution in [-0.2, 0) is 11.2 Å². The number of aromatic amines is 1. The number of benzene rings is 3. The molecule has 4 heterocycles. The van der Waals surface area contributed by atoms with Gasteiger partial charge in [0.05, 0.1) is 18.9 Å². The molecule has 0 saturated carbocycles. The second-order valence-corrected chi connectivity index (χ2v) is 11.3. The molecule has 0 amide bonds. The average molecular weight is 549 g/mol. The average Bonchev–Trinajstić information content (AvgIpc) is 3.48. The Morgan fingerprint density at radius 3 is 2.63 bits per heavy atom. The first-order valence-corrected chi connectivity index (χ1v) is 14.7. The molecule has 3 aromatic carbocycles. The summed E-state index contributed by atoms with van der Waals surface area (Å²) < 4.78 is 12.0. The van der Waals surface area contributed by atoms with Gasteiger partial charge in [0.2, 0.25) is 5.56 Å². The molecule has 3 aliphatic rings. The molecule has 2 unspecified atom stereocenters. The molecule has 7 rings (SSSR count). The van der Waals surface area contributed by atoms with Crippen LogP contribution >= 0.6 is 0 Å². The van der Waals surface area contributed by atoms with E-state index in [0.29, 0.717) is 25.3 Å². The van der Waals surface area contributed by atoms with Gasteiger partial charge in [-0.15, -0.1) is 0 Å². The number of hydrogen-bond acceptors (Lipinski definition) is 6. The van der Waals surface area contributed by atoms with Gasteiger partial charge in [0, 0.05) is 73.3 Å². The lowest BCUT2D eigenvalue weighted by molar-refractivity contribution is 0.122. The van der Waals surface area contributed by atoms with Crippen molar-refractivity contribution in [2.45, 2.75) is 31.8 Å².